The van der Waals surface area contributed by atoms with Crippen LogP contribution in [0.15, 0.2) is 59.0 Å². The van der Waals surface area contributed by atoms with Crippen molar-refractivity contribution in [1.82, 2.24) is 10.5 Å². The molecule has 1 unspecified atom stereocenters. The Bertz CT molecular complexity index is 853. The normalized spacial score (nSPS) is 16.6. The van der Waals surface area contributed by atoms with E-state index < -0.39 is 0 Å². The topological polar surface area (TPSA) is 56.5 Å². The number of ether oxygens (including phenoxy) is 1. The van der Waals surface area contributed by atoms with Crippen molar-refractivity contribution in [3.8, 4) is 17.2 Å². The van der Waals surface area contributed by atoms with E-state index in [0.29, 0.717) is 18.4 Å². The first-order valence-corrected chi connectivity index (χ1v) is 9.36. The molecule has 1 saturated heterocycles. The number of hydroxylamine groups is 1. The van der Waals surface area contributed by atoms with Crippen molar-refractivity contribution in [2.45, 2.75) is 19.8 Å². The average molecular weight is 364 g/mol. The smallest absolute Gasteiger partial charge is 0.226 e. The minimum absolute atomic E-state index is 0.547. The molecule has 1 aliphatic heterocycles. The molecule has 1 atom stereocenters. The van der Waals surface area contributed by atoms with Gasteiger partial charge in [-0.2, -0.15) is 0 Å². The predicted molar refractivity (Wildman–Crippen MR) is 103 cm³/mol. The van der Waals surface area contributed by atoms with Crippen LogP contribution in [0, 0.1) is 12.8 Å². The first-order valence-electron chi connectivity index (χ1n) is 9.36. The first-order chi connectivity index (χ1) is 13.3. The molecule has 0 bridgehead atoms. The zero-order valence-corrected chi connectivity index (χ0v) is 15.5. The van der Waals surface area contributed by atoms with Gasteiger partial charge in [0.15, 0.2) is 0 Å². The van der Waals surface area contributed by atoms with Crippen LogP contribution in [0.4, 0.5) is 0 Å². The van der Waals surface area contributed by atoms with Crippen LogP contribution < -0.4 is 10.2 Å². The van der Waals surface area contributed by atoms with Gasteiger partial charge in [0.25, 0.3) is 0 Å². The third-order valence-corrected chi connectivity index (χ3v) is 4.76. The van der Waals surface area contributed by atoms with Crippen LogP contribution in [-0.2, 0) is 17.7 Å². The SMILES string of the molecule is Cc1oc(-c2ccccc2)nc1CCOc1ccc(CC2CNOC2)cc1. The zero-order valence-electron chi connectivity index (χ0n) is 15.5. The molecule has 2 aromatic carbocycles. The van der Waals surface area contributed by atoms with Crippen LogP contribution >= 0.6 is 0 Å². The molecule has 1 aliphatic rings. The van der Waals surface area contributed by atoms with E-state index in [4.69, 9.17) is 14.0 Å². The lowest BCUT2D eigenvalue weighted by molar-refractivity contribution is 0.0971. The van der Waals surface area contributed by atoms with Gasteiger partial charge in [-0.1, -0.05) is 30.3 Å². The molecule has 27 heavy (non-hydrogen) atoms. The third-order valence-electron chi connectivity index (χ3n) is 4.76. The number of nitrogens with zero attached hydrogens (tertiary/aromatic N) is 1. The molecule has 1 N–H and O–H groups in total. The van der Waals surface area contributed by atoms with Gasteiger partial charge in [0.2, 0.25) is 5.89 Å². The molecule has 5 nitrogen and oxygen atoms in total. The van der Waals surface area contributed by atoms with E-state index in [0.717, 1.165) is 48.8 Å². The molecule has 5 heteroatoms. The molecule has 0 amide bonds. The van der Waals surface area contributed by atoms with E-state index in [9.17, 15) is 0 Å². The summed E-state index contributed by atoms with van der Waals surface area (Å²) in [6.45, 7) is 4.22. The maximum absolute atomic E-state index is 5.89. The van der Waals surface area contributed by atoms with Gasteiger partial charge < -0.3 is 14.0 Å². The number of rotatable bonds is 7. The lowest BCUT2D eigenvalue weighted by atomic mass is 10.0. The maximum Gasteiger partial charge on any atom is 0.226 e. The van der Waals surface area contributed by atoms with Crippen LogP contribution in [0.3, 0.4) is 0 Å². The minimum Gasteiger partial charge on any atom is -0.493 e. The molecule has 140 valence electrons. The van der Waals surface area contributed by atoms with Crippen molar-refractivity contribution in [3.63, 3.8) is 0 Å². The van der Waals surface area contributed by atoms with Crippen molar-refractivity contribution in [3.05, 3.63) is 71.6 Å². The largest absolute Gasteiger partial charge is 0.493 e. The molecule has 0 radical (unpaired) electrons. The van der Waals surface area contributed by atoms with Crippen LogP contribution in [0.2, 0.25) is 0 Å². The Morgan fingerprint density at radius 1 is 1.11 bits per heavy atom. The number of hydrogen-bond donors (Lipinski definition) is 1. The molecule has 1 fully saturated rings. The van der Waals surface area contributed by atoms with Gasteiger partial charge in [-0.15, -0.1) is 0 Å². The highest BCUT2D eigenvalue weighted by Crippen LogP contribution is 2.22. The van der Waals surface area contributed by atoms with Gasteiger partial charge in [0.1, 0.15) is 11.5 Å². The van der Waals surface area contributed by atoms with Crippen molar-refractivity contribution >= 4 is 0 Å². The average Bonchev–Trinajstić information content (AvgIpc) is 3.34. The Morgan fingerprint density at radius 3 is 2.67 bits per heavy atom. The summed E-state index contributed by atoms with van der Waals surface area (Å²) in [6, 6.07) is 18.3. The summed E-state index contributed by atoms with van der Waals surface area (Å²) in [6.07, 6.45) is 1.74. The van der Waals surface area contributed by atoms with E-state index in [2.05, 4.69) is 22.6 Å². The predicted octanol–water partition coefficient (Wildman–Crippen LogP) is 3.97. The maximum atomic E-state index is 5.89. The summed E-state index contributed by atoms with van der Waals surface area (Å²) < 4.78 is 11.7. The first kappa shape index (κ1) is 17.8. The molecule has 2 heterocycles. The summed E-state index contributed by atoms with van der Waals surface area (Å²) in [5.74, 6) is 2.94. The quantitative estimate of drug-likeness (QED) is 0.688. The van der Waals surface area contributed by atoms with E-state index >= 15 is 0 Å². The fraction of sp³-hybridized carbons (Fsp3) is 0.318. The van der Waals surface area contributed by atoms with Gasteiger partial charge in [-0.3, -0.25) is 0 Å². The molecular weight excluding hydrogens is 340 g/mol. The lowest BCUT2D eigenvalue weighted by Gasteiger charge is -2.09. The molecule has 0 saturated carbocycles. The Balaban J connectivity index is 1.30. The number of hydrogen-bond acceptors (Lipinski definition) is 5. The Labute approximate surface area is 159 Å². The van der Waals surface area contributed by atoms with Gasteiger partial charge in [0.05, 0.1) is 18.9 Å². The van der Waals surface area contributed by atoms with Crippen LogP contribution in [-0.4, -0.2) is 24.7 Å². The Morgan fingerprint density at radius 2 is 1.93 bits per heavy atom. The fourth-order valence-electron chi connectivity index (χ4n) is 3.23. The molecule has 3 aromatic rings. The molecule has 4 rings (SSSR count). The van der Waals surface area contributed by atoms with Crippen LogP contribution in [0.25, 0.3) is 11.5 Å². The molecule has 0 aliphatic carbocycles. The van der Waals surface area contributed by atoms with Gasteiger partial charge in [-0.25, -0.2) is 10.5 Å². The van der Waals surface area contributed by atoms with Crippen LogP contribution in [0.5, 0.6) is 5.75 Å². The number of aryl methyl sites for hydroxylation is 1. The second kappa shape index (κ2) is 8.37. The van der Waals surface area contributed by atoms with Crippen LogP contribution in [0.1, 0.15) is 17.0 Å². The van der Waals surface area contributed by atoms with E-state index in [-0.39, 0.29) is 0 Å². The van der Waals surface area contributed by atoms with Gasteiger partial charge >= 0.3 is 0 Å². The lowest BCUT2D eigenvalue weighted by Crippen LogP contribution is -2.11. The minimum atomic E-state index is 0.547. The van der Waals surface area contributed by atoms with E-state index in [1.807, 2.05) is 49.4 Å². The standard InChI is InChI=1S/C22H24N2O3/c1-16-21(24-22(27-16)19-5-3-2-4-6-19)11-12-25-20-9-7-17(8-10-20)13-18-14-23-26-15-18/h2-10,18,23H,11-15H2,1H3. The van der Waals surface area contributed by atoms with Gasteiger partial charge in [0, 0.05) is 24.4 Å². The summed E-state index contributed by atoms with van der Waals surface area (Å²) in [7, 11) is 0. The molecule has 0 spiro atoms. The second-order valence-corrected chi connectivity index (χ2v) is 6.86. The highest BCUT2D eigenvalue weighted by Gasteiger charge is 2.16. The third kappa shape index (κ3) is 4.56. The summed E-state index contributed by atoms with van der Waals surface area (Å²) in [5, 5.41) is 0. The van der Waals surface area contributed by atoms with Crippen molar-refractivity contribution in [1.29, 1.82) is 0 Å². The number of aromatic nitrogens is 1. The van der Waals surface area contributed by atoms with E-state index in [1.165, 1.54) is 5.56 Å². The Hall–Kier alpha value is -2.63. The van der Waals surface area contributed by atoms with Gasteiger partial charge in [-0.05, 0) is 43.2 Å². The van der Waals surface area contributed by atoms with Crippen molar-refractivity contribution in [2.24, 2.45) is 5.92 Å². The highest BCUT2D eigenvalue weighted by atomic mass is 16.7. The van der Waals surface area contributed by atoms with Crippen molar-refractivity contribution in [2.75, 3.05) is 19.8 Å². The Kier molecular flexibility index (Phi) is 5.51. The second-order valence-electron chi connectivity index (χ2n) is 6.86. The number of nitrogens with one attached hydrogen (secondary N) is 1. The highest BCUT2D eigenvalue weighted by molar-refractivity contribution is 5.53. The number of oxazole rings is 1. The summed E-state index contributed by atoms with van der Waals surface area (Å²) in [4.78, 5) is 9.82. The monoisotopic (exact) mass is 364 g/mol. The zero-order chi connectivity index (χ0) is 18.5. The van der Waals surface area contributed by atoms with Crippen molar-refractivity contribution < 1.29 is 14.0 Å². The molecule has 1 aromatic heterocycles. The van der Waals surface area contributed by atoms with E-state index in [1.54, 1.807) is 0 Å². The molecular formula is C22H24N2O3. The summed E-state index contributed by atoms with van der Waals surface area (Å²) in [5.41, 5.74) is 6.17. The number of benzene rings is 2. The summed E-state index contributed by atoms with van der Waals surface area (Å²) >= 11 is 0. The fourth-order valence-corrected chi connectivity index (χ4v) is 3.23.